The first kappa shape index (κ1) is 21.9. The van der Waals surface area contributed by atoms with Crippen molar-refractivity contribution in [1.82, 2.24) is 5.32 Å². The molecule has 2 N–H and O–H groups in total. The molecule has 152 valence electrons. The van der Waals surface area contributed by atoms with E-state index in [0.717, 1.165) is 5.75 Å². The molecule has 7 heteroatoms. The molecule has 0 aliphatic carbocycles. The molecule has 0 radical (unpaired) electrons. The number of carbonyl (C=O) groups excluding carboxylic acids is 1. The average molecular weight is 406 g/mol. The number of aliphatic hydroxyl groups is 1. The van der Waals surface area contributed by atoms with E-state index in [4.69, 9.17) is 14.2 Å². The van der Waals surface area contributed by atoms with Crippen LogP contribution in [0, 0.1) is 6.92 Å². The Morgan fingerprint density at radius 2 is 1.75 bits per heavy atom. The van der Waals surface area contributed by atoms with Gasteiger partial charge in [-0.3, -0.25) is 4.79 Å². The molecular weight excluding hydrogens is 378 g/mol. The van der Waals surface area contributed by atoms with E-state index in [2.05, 4.69) is 29.6 Å². The van der Waals surface area contributed by atoms with Gasteiger partial charge in [0.25, 0.3) is 0 Å². The third kappa shape index (κ3) is 6.98. The summed E-state index contributed by atoms with van der Waals surface area (Å²) in [6.45, 7) is 2.16. The second-order valence-electron chi connectivity index (χ2n) is 6.24. The van der Waals surface area contributed by atoms with Gasteiger partial charge in [0, 0.05) is 12.3 Å². The number of aryl methyl sites for hydroxylation is 1. The fourth-order valence-corrected chi connectivity index (χ4v) is 3.24. The maximum Gasteiger partial charge on any atom is 0.230 e. The summed E-state index contributed by atoms with van der Waals surface area (Å²) in [5.41, 5.74) is 2.40. The number of nitrogens with one attached hydrogen (secondary N) is 1. The highest BCUT2D eigenvalue weighted by Gasteiger charge is 2.14. The summed E-state index contributed by atoms with van der Waals surface area (Å²) in [7, 11) is 3.07. The molecule has 2 rings (SSSR count). The summed E-state index contributed by atoms with van der Waals surface area (Å²) < 4.78 is 16.1. The Morgan fingerprint density at radius 1 is 1.11 bits per heavy atom. The largest absolute Gasteiger partial charge is 0.493 e. The van der Waals surface area contributed by atoms with Crippen LogP contribution in [0.2, 0.25) is 0 Å². The standard InChI is InChI=1S/C21H27NO5S/c1-15-7-9-16(10-8-15)13-28-14-20(24)22-11-17(23)12-27-21-18(25-2)5-4-6-19(21)26-3/h4-10,17,23H,11-14H2,1-3H3,(H,22,24)/t17-/m0/s1. The van der Waals surface area contributed by atoms with Crippen LogP contribution in [0.5, 0.6) is 17.2 Å². The zero-order valence-corrected chi connectivity index (χ0v) is 17.3. The van der Waals surface area contributed by atoms with Crippen LogP contribution in [0.25, 0.3) is 0 Å². The van der Waals surface area contributed by atoms with Crippen molar-refractivity contribution in [3.05, 3.63) is 53.6 Å². The molecule has 0 unspecified atom stereocenters. The molecule has 2 aromatic carbocycles. The maximum atomic E-state index is 11.9. The Balaban J connectivity index is 1.70. The van der Waals surface area contributed by atoms with Crippen molar-refractivity contribution in [1.29, 1.82) is 0 Å². The fourth-order valence-electron chi connectivity index (χ4n) is 2.43. The summed E-state index contributed by atoms with van der Waals surface area (Å²) in [5, 5.41) is 12.8. The number of hydrogen-bond acceptors (Lipinski definition) is 6. The smallest absolute Gasteiger partial charge is 0.230 e. The van der Waals surface area contributed by atoms with Gasteiger partial charge in [0.2, 0.25) is 11.7 Å². The Morgan fingerprint density at radius 3 is 2.36 bits per heavy atom. The Bertz CT molecular complexity index is 729. The summed E-state index contributed by atoms with van der Waals surface area (Å²) >= 11 is 1.53. The molecule has 0 heterocycles. The third-order valence-electron chi connectivity index (χ3n) is 3.96. The van der Waals surface area contributed by atoms with Gasteiger partial charge in [-0.25, -0.2) is 0 Å². The Labute approximate surface area is 170 Å². The average Bonchev–Trinajstić information content (AvgIpc) is 2.71. The Hall–Kier alpha value is -2.38. The van der Waals surface area contributed by atoms with Crippen molar-refractivity contribution in [3.8, 4) is 17.2 Å². The van der Waals surface area contributed by atoms with Crippen LogP contribution in [0.3, 0.4) is 0 Å². The van der Waals surface area contributed by atoms with E-state index >= 15 is 0 Å². The lowest BCUT2D eigenvalue weighted by atomic mass is 10.2. The van der Waals surface area contributed by atoms with Crippen LogP contribution in [-0.4, -0.2) is 50.2 Å². The monoisotopic (exact) mass is 405 g/mol. The second kappa shape index (κ2) is 11.5. The van der Waals surface area contributed by atoms with Crippen molar-refractivity contribution in [2.45, 2.75) is 18.8 Å². The van der Waals surface area contributed by atoms with Gasteiger partial charge in [0.05, 0.1) is 20.0 Å². The van der Waals surface area contributed by atoms with Gasteiger partial charge >= 0.3 is 0 Å². The minimum Gasteiger partial charge on any atom is -0.493 e. The van der Waals surface area contributed by atoms with Crippen LogP contribution in [-0.2, 0) is 10.5 Å². The summed E-state index contributed by atoms with van der Waals surface area (Å²) in [6.07, 6.45) is -0.847. The van der Waals surface area contributed by atoms with Crippen molar-refractivity contribution < 1.29 is 24.1 Å². The van der Waals surface area contributed by atoms with E-state index in [1.165, 1.54) is 37.1 Å². The Kier molecular flexibility index (Phi) is 8.97. The van der Waals surface area contributed by atoms with Crippen LogP contribution in [0.4, 0.5) is 0 Å². The first-order chi connectivity index (χ1) is 13.5. The highest BCUT2D eigenvalue weighted by molar-refractivity contribution is 7.99. The van der Waals surface area contributed by atoms with Gasteiger partial charge in [-0.15, -0.1) is 11.8 Å². The summed E-state index contributed by atoms with van der Waals surface area (Å²) in [6, 6.07) is 13.5. The number of amides is 1. The third-order valence-corrected chi connectivity index (χ3v) is 4.96. The van der Waals surface area contributed by atoms with E-state index in [0.29, 0.717) is 23.0 Å². The summed E-state index contributed by atoms with van der Waals surface area (Å²) in [4.78, 5) is 11.9. The predicted molar refractivity (Wildman–Crippen MR) is 111 cm³/mol. The highest BCUT2D eigenvalue weighted by Crippen LogP contribution is 2.36. The molecule has 0 aliphatic heterocycles. The first-order valence-electron chi connectivity index (χ1n) is 8.95. The van der Waals surface area contributed by atoms with Gasteiger partial charge in [-0.05, 0) is 24.6 Å². The molecule has 1 atom stereocenters. The number of aliphatic hydroxyl groups excluding tert-OH is 1. The first-order valence-corrected chi connectivity index (χ1v) is 10.1. The molecule has 0 aromatic heterocycles. The SMILES string of the molecule is COc1cccc(OC)c1OC[C@@H](O)CNC(=O)CSCc1ccc(C)cc1. The molecule has 0 saturated heterocycles. The number of para-hydroxylation sites is 1. The zero-order valence-electron chi connectivity index (χ0n) is 16.4. The van der Waals surface area contributed by atoms with E-state index in [9.17, 15) is 9.90 Å². The quantitative estimate of drug-likeness (QED) is 0.599. The van der Waals surface area contributed by atoms with E-state index in [1.54, 1.807) is 18.2 Å². The van der Waals surface area contributed by atoms with Crippen LogP contribution >= 0.6 is 11.8 Å². The lowest BCUT2D eigenvalue weighted by molar-refractivity contribution is -0.119. The predicted octanol–water partition coefficient (Wildman–Crippen LogP) is 2.80. The zero-order chi connectivity index (χ0) is 20.4. The van der Waals surface area contributed by atoms with Gasteiger partial charge in [-0.1, -0.05) is 35.9 Å². The lowest BCUT2D eigenvalue weighted by Crippen LogP contribution is -2.36. The number of hydrogen-bond donors (Lipinski definition) is 2. The molecule has 0 fully saturated rings. The van der Waals surface area contributed by atoms with Crippen LogP contribution < -0.4 is 19.5 Å². The fraction of sp³-hybridized carbons (Fsp3) is 0.381. The van der Waals surface area contributed by atoms with Crippen LogP contribution in [0.1, 0.15) is 11.1 Å². The van der Waals surface area contributed by atoms with Gasteiger partial charge in [0.1, 0.15) is 12.7 Å². The molecule has 2 aromatic rings. The van der Waals surface area contributed by atoms with E-state index in [1.807, 2.05) is 6.92 Å². The lowest BCUT2D eigenvalue weighted by Gasteiger charge is -2.17. The van der Waals surface area contributed by atoms with Crippen molar-refractivity contribution in [3.63, 3.8) is 0 Å². The molecule has 0 aliphatic rings. The molecule has 0 bridgehead atoms. The number of rotatable bonds is 11. The van der Waals surface area contributed by atoms with Crippen molar-refractivity contribution in [2.24, 2.45) is 0 Å². The maximum absolute atomic E-state index is 11.9. The molecule has 0 spiro atoms. The van der Waals surface area contributed by atoms with Gasteiger partial charge in [0.15, 0.2) is 11.5 Å². The molecule has 0 saturated carbocycles. The van der Waals surface area contributed by atoms with Crippen molar-refractivity contribution >= 4 is 17.7 Å². The minimum absolute atomic E-state index is 0.00746. The van der Waals surface area contributed by atoms with Crippen LogP contribution in [0.15, 0.2) is 42.5 Å². The topological polar surface area (TPSA) is 77.0 Å². The molecular formula is C21H27NO5S. The molecule has 1 amide bonds. The number of benzene rings is 2. The van der Waals surface area contributed by atoms with E-state index in [-0.39, 0.29) is 19.1 Å². The van der Waals surface area contributed by atoms with Gasteiger partial charge in [-0.2, -0.15) is 0 Å². The number of ether oxygens (including phenoxy) is 3. The number of methoxy groups -OCH3 is 2. The summed E-state index contributed by atoms with van der Waals surface area (Å²) in [5.74, 6) is 2.44. The molecule has 28 heavy (non-hydrogen) atoms. The number of thioether (sulfide) groups is 1. The van der Waals surface area contributed by atoms with Crippen molar-refractivity contribution in [2.75, 3.05) is 33.1 Å². The normalized spacial score (nSPS) is 11.6. The van der Waals surface area contributed by atoms with Gasteiger partial charge < -0.3 is 24.6 Å². The highest BCUT2D eigenvalue weighted by atomic mass is 32.2. The second-order valence-corrected chi connectivity index (χ2v) is 7.22. The van der Waals surface area contributed by atoms with E-state index < -0.39 is 6.10 Å². The molecule has 6 nitrogen and oxygen atoms in total. The number of carbonyl (C=O) groups is 1. The minimum atomic E-state index is -0.847.